The van der Waals surface area contributed by atoms with Crippen LogP contribution in [0.25, 0.3) is 0 Å². The Kier molecular flexibility index (Phi) is 4.03. The molecule has 0 saturated heterocycles. The Morgan fingerprint density at radius 1 is 1.10 bits per heavy atom. The number of nitrogens with one attached hydrogen (secondary N) is 1. The number of nitriles is 1. The van der Waals surface area contributed by atoms with E-state index >= 15 is 0 Å². The summed E-state index contributed by atoms with van der Waals surface area (Å²) >= 11 is 0. The Labute approximate surface area is 119 Å². The van der Waals surface area contributed by atoms with E-state index < -0.39 is 11.7 Å². The van der Waals surface area contributed by atoms with Gasteiger partial charge < -0.3 is 11.1 Å². The summed E-state index contributed by atoms with van der Waals surface area (Å²) in [5.41, 5.74) is 7.28. The van der Waals surface area contributed by atoms with Crippen LogP contribution in [0.3, 0.4) is 0 Å². The number of benzene rings is 2. The predicted octanol–water partition coefficient (Wildman–Crippen LogP) is 3.77. The molecule has 0 radical (unpaired) electrons. The summed E-state index contributed by atoms with van der Waals surface area (Å²) in [6.45, 7) is 0.317. The first-order chi connectivity index (χ1) is 9.90. The topological polar surface area (TPSA) is 61.8 Å². The van der Waals surface area contributed by atoms with Crippen molar-refractivity contribution >= 4 is 11.4 Å². The molecule has 0 fully saturated rings. The van der Waals surface area contributed by atoms with Gasteiger partial charge in [-0.3, -0.25) is 0 Å². The highest BCUT2D eigenvalue weighted by atomic mass is 19.4. The number of hydrogen-bond acceptors (Lipinski definition) is 3. The first-order valence-corrected chi connectivity index (χ1v) is 6.10. The number of anilines is 2. The Balaban J connectivity index is 2.08. The van der Waals surface area contributed by atoms with Crippen molar-refractivity contribution in [2.45, 2.75) is 12.7 Å². The highest BCUT2D eigenvalue weighted by Crippen LogP contribution is 2.29. The van der Waals surface area contributed by atoms with E-state index in [-0.39, 0.29) is 0 Å². The number of hydrogen-bond donors (Lipinski definition) is 2. The summed E-state index contributed by atoms with van der Waals surface area (Å²) in [5.74, 6) is 0. The molecule has 2 rings (SSSR count). The molecule has 0 aliphatic heterocycles. The molecule has 0 unspecified atom stereocenters. The van der Waals surface area contributed by atoms with Crippen LogP contribution in [0.2, 0.25) is 0 Å². The van der Waals surface area contributed by atoms with Crippen LogP contribution in [0.15, 0.2) is 42.5 Å². The second-order valence-corrected chi connectivity index (χ2v) is 4.46. The molecule has 3 nitrogen and oxygen atoms in total. The number of nitrogens with zero attached hydrogens (tertiary/aromatic N) is 1. The van der Waals surface area contributed by atoms with Crippen LogP contribution in [0.1, 0.15) is 16.7 Å². The predicted molar refractivity (Wildman–Crippen MR) is 74.3 cm³/mol. The number of rotatable bonds is 3. The second kappa shape index (κ2) is 5.75. The second-order valence-electron chi connectivity index (χ2n) is 4.46. The quantitative estimate of drug-likeness (QED) is 0.846. The van der Waals surface area contributed by atoms with Crippen molar-refractivity contribution < 1.29 is 13.2 Å². The minimum absolute atomic E-state index is 0.317. The van der Waals surface area contributed by atoms with Gasteiger partial charge in [-0.2, -0.15) is 18.4 Å². The molecule has 0 heterocycles. The SMILES string of the molecule is N#Cc1ccc(N)c(NCc2ccc(C(F)(F)F)cc2)c1. The molecular formula is C15H12F3N3. The van der Waals surface area contributed by atoms with Crippen LogP contribution >= 0.6 is 0 Å². The van der Waals surface area contributed by atoms with Crippen molar-refractivity contribution in [2.24, 2.45) is 0 Å². The van der Waals surface area contributed by atoms with Crippen molar-refractivity contribution in [1.82, 2.24) is 0 Å². The molecule has 6 heteroatoms. The lowest BCUT2D eigenvalue weighted by Crippen LogP contribution is -2.06. The Morgan fingerprint density at radius 3 is 2.33 bits per heavy atom. The average Bonchev–Trinajstić information content (AvgIpc) is 2.46. The summed E-state index contributed by atoms with van der Waals surface area (Å²) in [4.78, 5) is 0. The van der Waals surface area contributed by atoms with Crippen LogP contribution in [0, 0.1) is 11.3 Å². The molecule has 0 spiro atoms. The number of alkyl halides is 3. The number of nitrogens with two attached hydrogens (primary N) is 1. The van der Waals surface area contributed by atoms with E-state index in [2.05, 4.69) is 5.32 Å². The van der Waals surface area contributed by atoms with E-state index in [1.807, 2.05) is 6.07 Å². The van der Waals surface area contributed by atoms with Crippen molar-refractivity contribution in [2.75, 3.05) is 11.1 Å². The lowest BCUT2D eigenvalue weighted by atomic mass is 10.1. The molecule has 2 aromatic carbocycles. The maximum atomic E-state index is 12.4. The molecule has 0 aliphatic rings. The third kappa shape index (κ3) is 3.66. The minimum Gasteiger partial charge on any atom is -0.397 e. The molecule has 0 aliphatic carbocycles. The van der Waals surface area contributed by atoms with E-state index in [4.69, 9.17) is 11.0 Å². The van der Waals surface area contributed by atoms with Gasteiger partial charge in [-0.25, -0.2) is 0 Å². The van der Waals surface area contributed by atoms with Gasteiger partial charge in [-0.05, 0) is 35.9 Å². The van der Waals surface area contributed by atoms with Crippen molar-refractivity contribution in [3.05, 3.63) is 59.2 Å². The zero-order valence-corrected chi connectivity index (χ0v) is 10.9. The van der Waals surface area contributed by atoms with Gasteiger partial charge in [0.15, 0.2) is 0 Å². The monoisotopic (exact) mass is 291 g/mol. The maximum absolute atomic E-state index is 12.4. The molecule has 2 aromatic rings. The molecular weight excluding hydrogens is 279 g/mol. The molecule has 21 heavy (non-hydrogen) atoms. The fraction of sp³-hybridized carbons (Fsp3) is 0.133. The summed E-state index contributed by atoms with van der Waals surface area (Å²) in [6, 6.07) is 11.7. The number of nitrogen functional groups attached to an aromatic ring is 1. The molecule has 0 amide bonds. The third-order valence-corrected chi connectivity index (χ3v) is 2.95. The van der Waals surface area contributed by atoms with Gasteiger partial charge in [-0.15, -0.1) is 0 Å². The highest BCUT2D eigenvalue weighted by molar-refractivity contribution is 5.68. The first-order valence-electron chi connectivity index (χ1n) is 6.10. The normalized spacial score (nSPS) is 11.0. The van der Waals surface area contributed by atoms with Gasteiger partial charge in [0, 0.05) is 6.54 Å². The minimum atomic E-state index is -4.34. The molecule has 3 N–H and O–H groups in total. The lowest BCUT2D eigenvalue weighted by molar-refractivity contribution is -0.137. The van der Waals surface area contributed by atoms with E-state index in [1.54, 1.807) is 18.2 Å². The third-order valence-electron chi connectivity index (χ3n) is 2.95. The van der Waals surface area contributed by atoms with Crippen molar-refractivity contribution in [3.8, 4) is 6.07 Å². The Bertz CT molecular complexity index is 670. The first kappa shape index (κ1) is 14.7. The van der Waals surface area contributed by atoms with Gasteiger partial charge in [0.05, 0.1) is 28.6 Å². The largest absolute Gasteiger partial charge is 0.416 e. The van der Waals surface area contributed by atoms with E-state index in [0.717, 1.165) is 12.1 Å². The molecule has 0 aromatic heterocycles. The van der Waals surface area contributed by atoms with Gasteiger partial charge >= 0.3 is 6.18 Å². The molecule has 108 valence electrons. The van der Waals surface area contributed by atoms with Crippen molar-refractivity contribution in [1.29, 1.82) is 5.26 Å². The molecule has 0 saturated carbocycles. The van der Waals surface area contributed by atoms with Gasteiger partial charge in [0.1, 0.15) is 0 Å². The van der Waals surface area contributed by atoms with Crippen LogP contribution in [0.5, 0.6) is 0 Å². The molecule has 0 bridgehead atoms. The fourth-order valence-corrected chi connectivity index (χ4v) is 1.79. The van der Waals surface area contributed by atoms with Crippen LogP contribution in [-0.2, 0) is 12.7 Å². The van der Waals surface area contributed by atoms with Crippen molar-refractivity contribution in [3.63, 3.8) is 0 Å². The molecule has 0 atom stereocenters. The van der Waals surface area contributed by atoms with Crippen LogP contribution < -0.4 is 11.1 Å². The summed E-state index contributed by atoms with van der Waals surface area (Å²) in [6.07, 6.45) is -4.34. The van der Waals surface area contributed by atoms with Gasteiger partial charge in [0.2, 0.25) is 0 Å². The zero-order chi connectivity index (χ0) is 15.5. The van der Waals surface area contributed by atoms with Gasteiger partial charge in [0.25, 0.3) is 0 Å². The van der Waals surface area contributed by atoms with Crippen LogP contribution in [-0.4, -0.2) is 0 Å². The zero-order valence-electron chi connectivity index (χ0n) is 10.9. The van der Waals surface area contributed by atoms with E-state index in [0.29, 0.717) is 29.0 Å². The Hall–Kier alpha value is -2.68. The van der Waals surface area contributed by atoms with E-state index in [9.17, 15) is 13.2 Å². The summed E-state index contributed by atoms with van der Waals surface area (Å²) in [7, 11) is 0. The Morgan fingerprint density at radius 2 is 1.76 bits per heavy atom. The van der Waals surface area contributed by atoms with E-state index in [1.165, 1.54) is 12.1 Å². The summed E-state index contributed by atoms with van der Waals surface area (Å²) in [5, 5.41) is 11.8. The fourth-order valence-electron chi connectivity index (χ4n) is 1.79. The highest BCUT2D eigenvalue weighted by Gasteiger charge is 2.29. The maximum Gasteiger partial charge on any atom is 0.416 e. The van der Waals surface area contributed by atoms with Gasteiger partial charge in [-0.1, -0.05) is 12.1 Å². The number of halogens is 3. The smallest absolute Gasteiger partial charge is 0.397 e. The standard InChI is InChI=1S/C15H12F3N3/c16-15(17,18)12-4-1-10(2-5-12)9-21-14-7-11(8-19)3-6-13(14)20/h1-7,21H,9,20H2. The van der Waals surface area contributed by atoms with Crippen LogP contribution in [0.4, 0.5) is 24.5 Å². The summed E-state index contributed by atoms with van der Waals surface area (Å²) < 4.78 is 37.3. The lowest BCUT2D eigenvalue weighted by Gasteiger charge is -2.11. The average molecular weight is 291 g/mol.